The van der Waals surface area contributed by atoms with Gasteiger partial charge in [0.2, 0.25) is 0 Å². The monoisotopic (exact) mass is 294 g/mol. The second-order valence-corrected chi connectivity index (χ2v) is 4.67. The molecule has 0 saturated heterocycles. The summed E-state index contributed by atoms with van der Waals surface area (Å²) in [4.78, 5) is 15.8. The molecule has 0 fully saturated rings. The highest BCUT2D eigenvalue weighted by molar-refractivity contribution is 7.14. The average Bonchev–Trinajstić information content (AvgIpc) is 2.89. The van der Waals surface area contributed by atoms with Gasteiger partial charge < -0.3 is 10.5 Å². The lowest BCUT2D eigenvalue weighted by Crippen LogP contribution is -2.19. The molecule has 0 aliphatic heterocycles. The van der Waals surface area contributed by atoms with Crippen LogP contribution in [0, 0.1) is 5.82 Å². The number of anilines is 2. The fourth-order valence-electron chi connectivity index (χ4n) is 1.34. The van der Waals surface area contributed by atoms with E-state index in [-0.39, 0.29) is 5.82 Å². The highest BCUT2D eigenvalue weighted by atomic mass is 32.1. The summed E-state index contributed by atoms with van der Waals surface area (Å²) in [6.45, 7) is 1.59. The van der Waals surface area contributed by atoms with E-state index in [1.807, 2.05) is 0 Å². The van der Waals surface area contributed by atoms with E-state index >= 15 is 0 Å². The summed E-state index contributed by atoms with van der Waals surface area (Å²) in [6.07, 6.45) is 0. The molecule has 2 rings (SSSR count). The molecule has 0 aliphatic carbocycles. The molecular weight excluding hydrogens is 283 g/mol. The normalized spacial score (nSPS) is 11.2. The summed E-state index contributed by atoms with van der Waals surface area (Å²) >= 11 is 1.20. The van der Waals surface area contributed by atoms with Crippen LogP contribution < -0.4 is 10.6 Å². The molecule has 6 nitrogen and oxygen atoms in total. The van der Waals surface area contributed by atoms with Crippen molar-refractivity contribution in [2.45, 2.75) is 6.92 Å². The lowest BCUT2D eigenvalue weighted by Gasteiger charge is -2.04. The van der Waals surface area contributed by atoms with Gasteiger partial charge in [-0.2, -0.15) is 0 Å². The van der Waals surface area contributed by atoms with Crippen LogP contribution in [-0.2, 0) is 0 Å². The minimum atomic E-state index is -0.490. The van der Waals surface area contributed by atoms with E-state index in [2.05, 4.69) is 20.8 Å². The molecule has 8 heteroatoms. The Balaban J connectivity index is 1.98. The SMILES string of the molecule is CC(=NO)c1csc(NC(=O)Nc2ccc(F)cc2)n1. The predicted octanol–water partition coefficient (Wildman–Crippen LogP) is 3.12. The summed E-state index contributed by atoms with van der Waals surface area (Å²) in [5.41, 5.74) is 1.30. The van der Waals surface area contributed by atoms with Crippen molar-refractivity contribution < 1.29 is 14.4 Å². The lowest BCUT2D eigenvalue weighted by atomic mass is 10.3. The molecule has 0 saturated carbocycles. The zero-order chi connectivity index (χ0) is 14.5. The summed E-state index contributed by atoms with van der Waals surface area (Å²) in [7, 11) is 0. The molecular formula is C12H11FN4O2S. The van der Waals surface area contributed by atoms with Crippen LogP contribution in [-0.4, -0.2) is 21.9 Å². The maximum Gasteiger partial charge on any atom is 0.325 e. The third-order valence-corrected chi connectivity index (χ3v) is 3.11. The van der Waals surface area contributed by atoms with Crippen molar-refractivity contribution in [3.8, 4) is 0 Å². The molecule has 2 amide bonds. The van der Waals surface area contributed by atoms with Gasteiger partial charge in [-0.05, 0) is 31.2 Å². The highest BCUT2D eigenvalue weighted by Crippen LogP contribution is 2.16. The molecule has 2 aromatic rings. The quantitative estimate of drug-likeness (QED) is 0.462. The van der Waals surface area contributed by atoms with Gasteiger partial charge in [0.1, 0.15) is 17.2 Å². The Bertz CT molecular complexity index is 639. The number of hydrogen-bond donors (Lipinski definition) is 3. The maximum atomic E-state index is 12.7. The van der Waals surface area contributed by atoms with Gasteiger partial charge >= 0.3 is 6.03 Å². The average molecular weight is 294 g/mol. The number of halogens is 1. The van der Waals surface area contributed by atoms with Crippen molar-refractivity contribution in [2.75, 3.05) is 10.6 Å². The van der Waals surface area contributed by atoms with Crippen LogP contribution in [0.5, 0.6) is 0 Å². The summed E-state index contributed by atoms with van der Waals surface area (Å²) in [5, 5.41) is 18.7. The van der Waals surface area contributed by atoms with E-state index in [4.69, 9.17) is 5.21 Å². The fourth-order valence-corrected chi connectivity index (χ4v) is 2.09. The molecule has 0 bridgehead atoms. The summed E-state index contributed by atoms with van der Waals surface area (Å²) in [6, 6.07) is 4.91. The van der Waals surface area contributed by atoms with Crippen molar-refractivity contribution in [1.82, 2.24) is 4.98 Å². The molecule has 0 atom stereocenters. The Morgan fingerprint density at radius 1 is 1.35 bits per heavy atom. The van der Waals surface area contributed by atoms with Gasteiger partial charge in [0, 0.05) is 11.1 Å². The van der Waals surface area contributed by atoms with Crippen molar-refractivity contribution in [1.29, 1.82) is 0 Å². The fraction of sp³-hybridized carbons (Fsp3) is 0.0833. The first-order chi connectivity index (χ1) is 9.58. The van der Waals surface area contributed by atoms with Gasteiger partial charge in [0.25, 0.3) is 0 Å². The molecule has 0 unspecified atom stereocenters. The van der Waals surface area contributed by atoms with Gasteiger partial charge in [-0.3, -0.25) is 5.32 Å². The molecule has 0 radical (unpaired) electrons. The second-order valence-electron chi connectivity index (χ2n) is 3.81. The van der Waals surface area contributed by atoms with E-state index in [0.717, 1.165) is 0 Å². The van der Waals surface area contributed by atoms with Crippen LogP contribution in [0.15, 0.2) is 34.8 Å². The number of rotatable bonds is 3. The summed E-state index contributed by atoms with van der Waals surface area (Å²) in [5.74, 6) is -0.376. The van der Waals surface area contributed by atoms with Gasteiger partial charge in [-0.25, -0.2) is 14.2 Å². The number of carbonyl (C=O) groups excluding carboxylic acids is 1. The van der Waals surface area contributed by atoms with Crippen LogP contribution in [0.1, 0.15) is 12.6 Å². The van der Waals surface area contributed by atoms with Crippen LogP contribution >= 0.6 is 11.3 Å². The topological polar surface area (TPSA) is 86.6 Å². The number of carbonyl (C=O) groups is 1. The van der Waals surface area contributed by atoms with E-state index in [1.54, 1.807) is 12.3 Å². The number of nitrogens with one attached hydrogen (secondary N) is 2. The van der Waals surface area contributed by atoms with Gasteiger partial charge in [0.15, 0.2) is 5.13 Å². The Hall–Kier alpha value is -2.48. The largest absolute Gasteiger partial charge is 0.411 e. The Kier molecular flexibility index (Phi) is 4.26. The predicted molar refractivity (Wildman–Crippen MR) is 75.2 cm³/mol. The Morgan fingerprint density at radius 2 is 2.05 bits per heavy atom. The number of nitrogens with zero attached hydrogens (tertiary/aromatic N) is 2. The van der Waals surface area contributed by atoms with E-state index < -0.39 is 6.03 Å². The number of urea groups is 1. The number of oxime groups is 1. The van der Waals surface area contributed by atoms with Crippen LogP contribution in [0.4, 0.5) is 20.0 Å². The molecule has 1 aromatic heterocycles. The van der Waals surface area contributed by atoms with Crippen molar-refractivity contribution in [3.63, 3.8) is 0 Å². The minimum absolute atomic E-state index is 0.355. The third-order valence-electron chi connectivity index (χ3n) is 2.35. The molecule has 0 spiro atoms. The summed E-state index contributed by atoms with van der Waals surface area (Å²) < 4.78 is 12.7. The Labute approximate surface area is 118 Å². The minimum Gasteiger partial charge on any atom is -0.411 e. The Morgan fingerprint density at radius 3 is 2.70 bits per heavy atom. The standard InChI is InChI=1S/C12H11FN4O2S/c1-7(17-19)10-6-20-12(15-10)16-11(18)14-9-4-2-8(13)3-5-9/h2-6,19H,1H3,(H2,14,15,16,18). The van der Waals surface area contributed by atoms with Crippen LogP contribution in [0.2, 0.25) is 0 Å². The first-order valence-electron chi connectivity index (χ1n) is 5.56. The smallest absolute Gasteiger partial charge is 0.325 e. The second kappa shape index (κ2) is 6.11. The number of aromatic nitrogens is 1. The first kappa shape index (κ1) is 13.9. The number of benzene rings is 1. The number of thiazole rings is 1. The van der Waals surface area contributed by atoms with Gasteiger partial charge in [0.05, 0.1) is 0 Å². The van der Waals surface area contributed by atoms with Crippen LogP contribution in [0.3, 0.4) is 0 Å². The molecule has 3 N–H and O–H groups in total. The van der Waals surface area contributed by atoms with E-state index in [9.17, 15) is 9.18 Å². The maximum absolute atomic E-state index is 12.7. The molecule has 104 valence electrons. The van der Waals surface area contributed by atoms with Crippen molar-refractivity contribution in [2.24, 2.45) is 5.16 Å². The number of hydrogen-bond acceptors (Lipinski definition) is 5. The number of amides is 2. The van der Waals surface area contributed by atoms with Crippen LogP contribution in [0.25, 0.3) is 0 Å². The van der Waals surface area contributed by atoms with E-state index in [0.29, 0.717) is 22.2 Å². The highest BCUT2D eigenvalue weighted by Gasteiger charge is 2.08. The van der Waals surface area contributed by atoms with Gasteiger partial charge in [-0.1, -0.05) is 5.16 Å². The lowest BCUT2D eigenvalue weighted by molar-refractivity contribution is 0.262. The third kappa shape index (κ3) is 3.51. The molecule has 1 heterocycles. The molecule has 20 heavy (non-hydrogen) atoms. The van der Waals surface area contributed by atoms with Gasteiger partial charge in [-0.15, -0.1) is 11.3 Å². The van der Waals surface area contributed by atoms with Crippen molar-refractivity contribution in [3.05, 3.63) is 41.2 Å². The molecule has 1 aromatic carbocycles. The van der Waals surface area contributed by atoms with Crippen molar-refractivity contribution >= 4 is 33.9 Å². The molecule has 0 aliphatic rings. The van der Waals surface area contributed by atoms with E-state index in [1.165, 1.54) is 35.6 Å². The zero-order valence-electron chi connectivity index (χ0n) is 10.4. The zero-order valence-corrected chi connectivity index (χ0v) is 11.2. The first-order valence-corrected chi connectivity index (χ1v) is 6.44.